The number of aliphatic hydroxyl groups is 1. The number of aliphatic hydroxyl groups excluding tert-OH is 1. The molecule has 0 heterocycles. The maximum absolute atomic E-state index is 11.6. The van der Waals surface area contributed by atoms with Gasteiger partial charge in [-0.2, -0.15) is 17.4 Å². The molecule has 0 aliphatic heterocycles. The summed E-state index contributed by atoms with van der Waals surface area (Å²) in [5.74, 6) is 0. The zero-order chi connectivity index (χ0) is 11.5. The summed E-state index contributed by atoms with van der Waals surface area (Å²) < 4.78 is 26.8. The summed E-state index contributed by atoms with van der Waals surface area (Å²) in [5, 5.41) is 9.75. The van der Waals surface area contributed by atoms with Gasteiger partial charge in [0.1, 0.15) is 0 Å². The predicted octanol–water partition coefficient (Wildman–Crippen LogP) is 0.0760. The second-order valence-electron chi connectivity index (χ2n) is 4.22. The van der Waals surface area contributed by atoms with Crippen LogP contribution in [0.2, 0.25) is 0 Å². The largest absolute Gasteiger partial charge is 0.391 e. The number of rotatable bonds is 3. The number of hydrogen-bond acceptors (Lipinski definition) is 3. The van der Waals surface area contributed by atoms with Gasteiger partial charge in [-0.05, 0) is 12.8 Å². The molecule has 2 atom stereocenters. The van der Waals surface area contributed by atoms with Gasteiger partial charge in [-0.3, -0.25) is 0 Å². The van der Waals surface area contributed by atoms with Crippen molar-refractivity contribution >= 4 is 10.2 Å². The van der Waals surface area contributed by atoms with Gasteiger partial charge in [0.2, 0.25) is 0 Å². The Balaban J connectivity index is 2.63. The van der Waals surface area contributed by atoms with Crippen LogP contribution in [0.15, 0.2) is 0 Å². The molecule has 2 unspecified atom stereocenters. The molecule has 1 saturated carbocycles. The van der Waals surface area contributed by atoms with Crippen LogP contribution < -0.4 is 4.72 Å². The molecule has 2 N–H and O–H groups in total. The van der Waals surface area contributed by atoms with E-state index >= 15 is 0 Å². The lowest BCUT2D eigenvalue weighted by atomic mass is 10.1. The third-order valence-electron chi connectivity index (χ3n) is 2.76. The number of hydrogen-bond donors (Lipinski definition) is 2. The SMILES string of the molecule is CN(C)S(=O)(=O)NC1CCCCCC1O. The third-order valence-corrected chi connectivity index (χ3v) is 4.32. The Morgan fingerprint density at radius 2 is 1.80 bits per heavy atom. The minimum Gasteiger partial charge on any atom is -0.391 e. The van der Waals surface area contributed by atoms with Crippen molar-refractivity contribution in [3.8, 4) is 0 Å². The molecule has 0 aromatic heterocycles. The molecule has 6 heteroatoms. The molecule has 0 bridgehead atoms. The van der Waals surface area contributed by atoms with E-state index in [0.29, 0.717) is 12.8 Å². The summed E-state index contributed by atoms with van der Waals surface area (Å²) in [6.07, 6.45) is 3.85. The maximum atomic E-state index is 11.6. The molecule has 15 heavy (non-hydrogen) atoms. The Hall–Kier alpha value is -0.170. The van der Waals surface area contributed by atoms with E-state index in [1.807, 2.05) is 0 Å². The van der Waals surface area contributed by atoms with Crippen LogP contribution >= 0.6 is 0 Å². The molecule has 1 rings (SSSR count). The molecule has 1 aliphatic carbocycles. The van der Waals surface area contributed by atoms with Crippen LogP contribution in [0.3, 0.4) is 0 Å². The lowest BCUT2D eigenvalue weighted by molar-refractivity contribution is 0.129. The minimum atomic E-state index is -3.42. The van der Waals surface area contributed by atoms with Gasteiger partial charge >= 0.3 is 0 Å². The molecule has 0 radical (unpaired) electrons. The fourth-order valence-electron chi connectivity index (χ4n) is 1.72. The van der Waals surface area contributed by atoms with Gasteiger partial charge in [0, 0.05) is 20.1 Å². The molecule has 1 aliphatic rings. The fraction of sp³-hybridized carbons (Fsp3) is 1.00. The number of nitrogens with zero attached hydrogens (tertiary/aromatic N) is 1. The van der Waals surface area contributed by atoms with E-state index in [0.717, 1.165) is 23.6 Å². The molecular formula is C9H20N2O3S. The van der Waals surface area contributed by atoms with E-state index in [2.05, 4.69) is 4.72 Å². The molecule has 0 saturated heterocycles. The van der Waals surface area contributed by atoms with Gasteiger partial charge in [-0.1, -0.05) is 19.3 Å². The van der Waals surface area contributed by atoms with Crippen LogP contribution in [0.5, 0.6) is 0 Å². The summed E-state index contributed by atoms with van der Waals surface area (Å²) in [5.41, 5.74) is 0. The fourth-order valence-corrected chi connectivity index (χ4v) is 2.59. The first-order chi connectivity index (χ1) is 6.93. The Morgan fingerprint density at radius 3 is 2.40 bits per heavy atom. The third kappa shape index (κ3) is 3.71. The molecular weight excluding hydrogens is 216 g/mol. The highest BCUT2D eigenvalue weighted by Gasteiger charge is 2.26. The van der Waals surface area contributed by atoms with Crippen LogP contribution in [0, 0.1) is 0 Å². The Bertz CT molecular complexity index is 290. The Morgan fingerprint density at radius 1 is 1.20 bits per heavy atom. The van der Waals surface area contributed by atoms with Crippen molar-refractivity contribution in [3.63, 3.8) is 0 Å². The van der Waals surface area contributed by atoms with Crippen LogP contribution in [0.4, 0.5) is 0 Å². The van der Waals surface area contributed by atoms with Gasteiger partial charge in [0.15, 0.2) is 0 Å². The monoisotopic (exact) mass is 236 g/mol. The molecule has 1 fully saturated rings. The van der Waals surface area contributed by atoms with Gasteiger partial charge < -0.3 is 5.11 Å². The predicted molar refractivity (Wildman–Crippen MR) is 58.6 cm³/mol. The highest BCUT2D eigenvalue weighted by molar-refractivity contribution is 7.87. The zero-order valence-corrected chi connectivity index (χ0v) is 10.1. The molecule has 0 aromatic rings. The normalized spacial score (nSPS) is 29.1. The van der Waals surface area contributed by atoms with Crippen LogP contribution in [-0.4, -0.2) is 44.1 Å². The standard InChI is InChI=1S/C9H20N2O3S/c1-11(2)15(13,14)10-8-6-4-3-5-7-9(8)12/h8-10,12H,3-7H2,1-2H3. The lowest BCUT2D eigenvalue weighted by Crippen LogP contribution is -2.47. The summed E-state index contributed by atoms with van der Waals surface area (Å²) in [6, 6.07) is -0.333. The van der Waals surface area contributed by atoms with Crippen molar-refractivity contribution in [1.29, 1.82) is 0 Å². The minimum absolute atomic E-state index is 0.333. The second kappa shape index (κ2) is 5.25. The van der Waals surface area contributed by atoms with E-state index in [-0.39, 0.29) is 6.04 Å². The van der Waals surface area contributed by atoms with Crippen LogP contribution in [-0.2, 0) is 10.2 Å². The first-order valence-electron chi connectivity index (χ1n) is 5.31. The molecule has 0 amide bonds. The lowest BCUT2D eigenvalue weighted by Gasteiger charge is -2.23. The highest BCUT2D eigenvalue weighted by atomic mass is 32.2. The summed E-state index contributed by atoms with van der Waals surface area (Å²) in [6.45, 7) is 0. The molecule has 0 aromatic carbocycles. The molecule has 90 valence electrons. The first-order valence-corrected chi connectivity index (χ1v) is 6.75. The van der Waals surface area contributed by atoms with E-state index in [1.54, 1.807) is 0 Å². The molecule has 5 nitrogen and oxygen atoms in total. The van der Waals surface area contributed by atoms with Crippen molar-refractivity contribution in [2.45, 2.75) is 44.2 Å². The van der Waals surface area contributed by atoms with Gasteiger partial charge in [0.05, 0.1) is 6.10 Å². The Kier molecular flexibility index (Phi) is 4.51. The van der Waals surface area contributed by atoms with Crippen molar-refractivity contribution in [2.24, 2.45) is 0 Å². The van der Waals surface area contributed by atoms with Crippen molar-refractivity contribution in [1.82, 2.24) is 9.03 Å². The van der Waals surface area contributed by atoms with Gasteiger partial charge in [-0.25, -0.2) is 0 Å². The first kappa shape index (κ1) is 12.9. The van der Waals surface area contributed by atoms with Crippen LogP contribution in [0.1, 0.15) is 32.1 Å². The molecule has 0 spiro atoms. The van der Waals surface area contributed by atoms with Crippen molar-refractivity contribution in [2.75, 3.05) is 14.1 Å². The van der Waals surface area contributed by atoms with Crippen molar-refractivity contribution < 1.29 is 13.5 Å². The van der Waals surface area contributed by atoms with E-state index in [1.165, 1.54) is 14.1 Å². The van der Waals surface area contributed by atoms with Crippen molar-refractivity contribution in [3.05, 3.63) is 0 Å². The van der Waals surface area contributed by atoms with E-state index in [9.17, 15) is 13.5 Å². The quantitative estimate of drug-likeness (QED) is 0.682. The highest BCUT2D eigenvalue weighted by Crippen LogP contribution is 2.18. The average Bonchev–Trinajstić information content (AvgIpc) is 2.31. The van der Waals surface area contributed by atoms with Gasteiger partial charge in [0.25, 0.3) is 10.2 Å². The average molecular weight is 236 g/mol. The maximum Gasteiger partial charge on any atom is 0.279 e. The Labute approximate surface area is 91.7 Å². The zero-order valence-electron chi connectivity index (χ0n) is 9.31. The summed E-state index contributed by atoms with van der Waals surface area (Å²) >= 11 is 0. The van der Waals surface area contributed by atoms with Crippen LogP contribution in [0.25, 0.3) is 0 Å². The second-order valence-corrected chi connectivity index (χ2v) is 6.13. The summed E-state index contributed by atoms with van der Waals surface area (Å²) in [7, 11) is -0.468. The van der Waals surface area contributed by atoms with E-state index < -0.39 is 16.3 Å². The smallest absolute Gasteiger partial charge is 0.279 e. The topological polar surface area (TPSA) is 69.6 Å². The van der Waals surface area contributed by atoms with E-state index in [4.69, 9.17) is 0 Å². The summed E-state index contributed by atoms with van der Waals surface area (Å²) in [4.78, 5) is 0. The number of nitrogens with one attached hydrogen (secondary N) is 1. The van der Waals surface area contributed by atoms with Gasteiger partial charge in [-0.15, -0.1) is 0 Å².